The number of anilines is 1. The van der Waals surface area contributed by atoms with Gasteiger partial charge in [0.25, 0.3) is 0 Å². The van der Waals surface area contributed by atoms with Crippen LogP contribution in [0.25, 0.3) is 0 Å². The standard InChI is InChI=1S/C28H29Cl2F2N2O7S/c1-42(37,38)33-20-8-4-17(5-9-20)6-11-27(35)40-25(13-21-22(29)14-34(36)15-23(21)30)19-7-10-24(41-28(31)32)26(12-19)39-16-18-2-3-18/h4-5,7-10,12,14-15,18,25,28,33,36H,2-3,6,11,13,16H2,1H3/q+1/t25-/m0/s1. The zero-order valence-electron chi connectivity index (χ0n) is 22.4. The van der Waals surface area contributed by atoms with E-state index in [4.69, 9.17) is 32.7 Å². The summed E-state index contributed by atoms with van der Waals surface area (Å²) >= 11 is 12.7. The minimum absolute atomic E-state index is 0.00716. The van der Waals surface area contributed by atoms with Crippen LogP contribution < -0.4 is 18.9 Å². The number of nitrogens with one attached hydrogen (secondary N) is 1. The highest BCUT2D eigenvalue weighted by atomic mass is 35.5. The molecule has 0 bridgehead atoms. The van der Waals surface area contributed by atoms with Gasteiger partial charge in [0.05, 0.1) is 12.9 Å². The Hall–Kier alpha value is -3.35. The second-order valence-corrected chi connectivity index (χ2v) is 12.5. The molecule has 1 aromatic heterocycles. The Morgan fingerprint density at radius 2 is 1.76 bits per heavy atom. The summed E-state index contributed by atoms with van der Waals surface area (Å²) in [6, 6.07) is 10.9. The fourth-order valence-electron chi connectivity index (χ4n) is 4.09. The molecule has 3 aromatic rings. The maximum absolute atomic E-state index is 13.0. The Bertz CT molecular complexity index is 1500. The van der Waals surface area contributed by atoms with Gasteiger partial charge in [-0.3, -0.25) is 14.7 Å². The largest absolute Gasteiger partial charge is 0.489 e. The van der Waals surface area contributed by atoms with Crippen molar-refractivity contribution < 1.29 is 46.1 Å². The summed E-state index contributed by atoms with van der Waals surface area (Å²) in [5.41, 5.74) is 1.99. The molecule has 1 aliphatic rings. The van der Waals surface area contributed by atoms with Crippen LogP contribution in [0.15, 0.2) is 54.9 Å². The molecule has 14 heteroatoms. The number of aromatic nitrogens is 1. The maximum Gasteiger partial charge on any atom is 0.387 e. The average Bonchev–Trinajstić information content (AvgIpc) is 3.72. The number of carbonyl (C=O) groups excluding carboxylic acids is 1. The maximum atomic E-state index is 13.0. The van der Waals surface area contributed by atoms with E-state index in [0.717, 1.165) is 24.7 Å². The van der Waals surface area contributed by atoms with E-state index < -0.39 is 28.7 Å². The van der Waals surface area contributed by atoms with Crippen LogP contribution in [0.4, 0.5) is 14.5 Å². The molecule has 4 rings (SSSR count). The zero-order valence-corrected chi connectivity index (χ0v) is 24.8. The van der Waals surface area contributed by atoms with E-state index in [1.165, 1.54) is 30.6 Å². The van der Waals surface area contributed by atoms with E-state index >= 15 is 0 Å². The molecule has 1 heterocycles. The van der Waals surface area contributed by atoms with Crippen molar-refractivity contribution in [1.29, 1.82) is 0 Å². The first-order chi connectivity index (χ1) is 19.9. The molecule has 0 radical (unpaired) electrons. The van der Waals surface area contributed by atoms with E-state index in [1.807, 2.05) is 0 Å². The molecule has 1 aliphatic carbocycles. The van der Waals surface area contributed by atoms with Crippen molar-refractivity contribution in [3.8, 4) is 11.5 Å². The third-order valence-electron chi connectivity index (χ3n) is 6.33. The molecule has 1 fully saturated rings. The molecule has 0 unspecified atom stereocenters. The summed E-state index contributed by atoms with van der Waals surface area (Å²) in [6.07, 6.45) is 4.82. The van der Waals surface area contributed by atoms with Crippen molar-refractivity contribution in [3.05, 3.63) is 81.6 Å². The summed E-state index contributed by atoms with van der Waals surface area (Å²) in [7, 11) is -3.42. The predicted molar refractivity (Wildman–Crippen MR) is 151 cm³/mol. The van der Waals surface area contributed by atoms with Crippen LogP contribution in [-0.4, -0.2) is 39.1 Å². The zero-order chi connectivity index (χ0) is 30.4. The predicted octanol–water partition coefficient (Wildman–Crippen LogP) is 5.74. The van der Waals surface area contributed by atoms with Crippen molar-refractivity contribution in [2.75, 3.05) is 17.6 Å². The van der Waals surface area contributed by atoms with E-state index in [-0.39, 0.29) is 34.4 Å². The van der Waals surface area contributed by atoms with Crippen molar-refractivity contribution in [2.45, 2.75) is 44.8 Å². The highest BCUT2D eigenvalue weighted by Gasteiger charge is 2.26. The van der Waals surface area contributed by atoms with Gasteiger partial charge in [-0.25, -0.2) is 8.42 Å². The summed E-state index contributed by atoms with van der Waals surface area (Å²) in [5, 5.41) is 9.99. The first-order valence-corrected chi connectivity index (χ1v) is 15.6. The van der Waals surface area contributed by atoms with Gasteiger partial charge in [-0.15, -0.1) is 0 Å². The molecule has 0 amide bonds. The fourth-order valence-corrected chi connectivity index (χ4v) is 5.26. The van der Waals surface area contributed by atoms with Gasteiger partial charge in [-0.2, -0.15) is 8.78 Å². The first-order valence-electron chi connectivity index (χ1n) is 12.9. The quantitative estimate of drug-likeness (QED) is 0.130. The number of ether oxygens (including phenoxy) is 3. The van der Waals surface area contributed by atoms with Gasteiger partial charge in [0, 0.05) is 28.8 Å². The third-order valence-corrected chi connectivity index (χ3v) is 7.59. The molecule has 1 saturated carbocycles. The van der Waals surface area contributed by atoms with Gasteiger partial charge in [-0.1, -0.05) is 41.4 Å². The van der Waals surface area contributed by atoms with Crippen LogP contribution in [0.3, 0.4) is 0 Å². The molecule has 0 saturated heterocycles. The summed E-state index contributed by atoms with van der Waals surface area (Å²) < 4.78 is 68.2. The normalized spacial score (nSPS) is 14.0. The topological polar surface area (TPSA) is 115 Å². The molecular formula is C28H29Cl2F2N2O7S+. The Balaban J connectivity index is 1.55. The average molecular weight is 647 g/mol. The lowest BCUT2D eigenvalue weighted by Crippen LogP contribution is -2.29. The van der Waals surface area contributed by atoms with Crippen LogP contribution >= 0.6 is 23.2 Å². The fraction of sp³-hybridized carbons (Fsp3) is 0.357. The molecule has 2 N–H and O–H groups in total. The number of benzene rings is 2. The second kappa shape index (κ2) is 13.7. The van der Waals surface area contributed by atoms with E-state index in [2.05, 4.69) is 9.46 Å². The summed E-state index contributed by atoms with van der Waals surface area (Å²) in [5.74, 6) is -0.288. The van der Waals surface area contributed by atoms with Gasteiger partial charge in [-0.05, 0) is 60.6 Å². The molecule has 0 aliphatic heterocycles. The van der Waals surface area contributed by atoms with Gasteiger partial charge in [0.15, 0.2) is 11.5 Å². The van der Waals surface area contributed by atoms with Gasteiger partial charge in [0.2, 0.25) is 22.4 Å². The first kappa shape index (κ1) is 31.6. The Morgan fingerprint density at radius 3 is 2.36 bits per heavy atom. The van der Waals surface area contributed by atoms with E-state index in [9.17, 15) is 27.2 Å². The molecule has 226 valence electrons. The Kier molecular flexibility index (Phi) is 10.3. The molecule has 0 spiro atoms. The van der Waals surface area contributed by atoms with Gasteiger partial charge < -0.3 is 14.2 Å². The smallest absolute Gasteiger partial charge is 0.387 e. The van der Waals surface area contributed by atoms with Crippen molar-refractivity contribution >= 4 is 44.9 Å². The number of halogens is 4. The molecule has 9 nitrogen and oxygen atoms in total. The van der Waals surface area contributed by atoms with Gasteiger partial charge in [0.1, 0.15) is 16.1 Å². The number of hydrogen-bond donors (Lipinski definition) is 2. The van der Waals surface area contributed by atoms with E-state index in [1.54, 1.807) is 24.3 Å². The molecule has 42 heavy (non-hydrogen) atoms. The number of sulfonamides is 1. The number of carbonyl (C=O) groups is 1. The van der Waals surface area contributed by atoms with Crippen molar-refractivity contribution in [3.63, 3.8) is 0 Å². The van der Waals surface area contributed by atoms with Crippen molar-refractivity contribution in [2.24, 2.45) is 5.92 Å². The monoisotopic (exact) mass is 645 g/mol. The molecule has 1 atom stereocenters. The number of rotatable bonds is 14. The number of alkyl halides is 2. The summed E-state index contributed by atoms with van der Waals surface area (Å²) in [6.45, 7) is -2.73. The lowest BCUT2D eigenvalue weighted by Gasteiger charge is -2.21. The highest BCUT2D eigenvalue weighted by Crippen LogP contribution is 2.38. The van der Waals surface area contributed by atoms with E-state index in [0.29, 0.717) is 40.5 Å². The Morgan fingerprint density at radius 1 is 1.10 bits per heavy atom. The highest BCUT2D eigenvalue weighted by molar-refractivity contribution is 7.92. The van der Waals surface area contributed by atoms with Crippen LogP contribution in [0.2, 0.25) is 10.0 Å². The third kappa shape index (κ3) is 9.60. The molecular weight excluding hydrogens is 617 g/mol. The number of hydrogen-bond acceptors (Lipinski definition) is 7. The van der Waals surface area contributed by atoms with Crippen LogP contribution in [0.5, 0.6) is 11.5 Å². The lowest BCUT2D eigenvalue weighted by molar-refractivity contribution is -0.904. The molecule has 2 aromatic carbocycles. The van der Waals surface area contributed by atoms with Crippen LogP contribution in [0, 0.1) is 5.92 Å². The summed E-state index contributed by atoms with van der Waals surface area (Å²) in [4.78, 5) is 13.0. The van der Waals surface area contributed by atoms with Crippen LogP contribution in [-0.2, 0) is 32.4 Å². The number of esters is 1. The van der Waals surface area contributed by atoms with Crippen molar-refractivity contribution in [1.82, 2.24) is 0 Å². The second-order valence-electron chi connectivity index (χ2n) is 9.91. The van der Waals surface area contributed by atoms with Gasteiger partial charge >= 0.3 is 12.6 Å². The minimum atomic E-state index is -3.42. The number of pyridine rings is 1. The minimum Gasteiger partial charge on any atom is -0.489 e. The number of aryl methyl sites for hydroxylation is 1. The number of nitrogens with zero attached hydrogens (tertiary/aromatic N) is 1. The van der Waals surface area contributed by atoms with Crippen LogP contribution in [0.1, 0.15) is 42.1 Å². The lowest BCUT2D eigenvalue weighted by atomic mass is 10.0. The SMILES string of the molecule is CS(=O)(=O)Nc1ccc(CCC(=O)O[C@@H](Cc2c(Cl)c[n+](O)cc2Cl)c2ccc(OC(F)F)c(OCC3CC3)c2)cc1. The Labute approximate surface area is 251 Å².